The number of nitrogens with one attached hydrogen (secondary N) is 1. The molecule has 0 unspecified atom stereocenters. The molecule has 0 amide bonds. The first-order chi connectivity index (χ1) is 8.76. The monoisotopic (exact) mass is 243 g/mol. The van der Waals surface area contributed by atoms with E-state index in [4.69, 9.17) is 5.41 Å². The van der Waals surface area contributed by atoms with Gasteiger partial charge < -0.3 is 5.41 Å². The van der Waals surface area contributed by atoms with Crippen molar-refractivity contribution in [2.45, 2.75) is 38.1 Å². The molecule has 2 saturated heterocycles. The zero-order valence-corrected chi connectivity index (χ0v) is 11.0. The van der Waals surface area contributed by atoms with Crippen LogP contribution in [0.4, 0.5) is 0 Å². The Morgan fingerprint density at radius 3 is 2.89 bits per heavy atom. The molecule has 3 fully saturated rings. The van der Waals surface area contributed by atoms with Gasteiger partial charge in [0.05, 0.1) is 11.3 Å². The Morgan fingerprint density at radius 1 is 1.50 bits per heavy atom. The predicted molar refractivity (Wildman–Crippen MR) is 73.0 cm³/mol. The van der Waals surface area contributed by atoms with E-state index in [0.717, 1.165) is 36.6 Å². The van der Waals surface area contributed by atoms with Crippen LogP contribution < -0.4 is 0 Å². The number of hydrogen-bond acceptors (Lipinski definition) is 3. The third kappa shape index (κ3) is 1.69. The fourth-order valence-corrected chi connectivity index (χ4v) is 3.76. The normalized spacial score (nSPS) is 31.5. The Kier molecular flexibility index (Phi) is 2.94. The number of pyridine rings is 1. The van der Waals surface area contributed by atoms with Crippen molar-refractivity contribution in [2.24, 2.45) is 5.92 Å². The Bertz CT molecular complexity index is 432. The molecule has 2 bridgehead atoms. The van der Waals surface area contributed by atoms with Crippen LogP contribution in [0.5, 0.6) is 0 Å². The molecule has 18 heavy (non-hydrogen) atoms. The Morgan fingerprint density at radius 2 is 2.28 bits per heavy atom. The quantitative estimate of drug-likeness (QED) is 0.829. The van der Waals surface area contributed by atoms with E-state index in [-0.39, 0.29) is 5.54 Å². The maximum Gasteiger partial charge on any atom is 0.0633 e. The SMILES string of the molecule is CCN1CC2CCC1(C(=N)c1cccnc1)CC2. The van der Waals surface area contributed by atoms with E-state index in [2.05, 4.69) is 16.8 Å². The molecule has 3 heterocycles. The van der Waals surface area contributed by atoms with Gasteiger partial charge in [-0.1, -0.05) is 13.0 Å². The van der Waals surface area contributed by atoms with Gasteiger partial charge in [0.2, 0.25) is 0 Å². The third-order valence-electron chi connectivity index (χ3n) is 4.81. The molecule has 2 aliphatic heterocycles. The summed E-state index contributed by atoms with van der Waals surface area (Å²) in [5.41, 5.74) is 1.78. The van der Waals surface area contributed by atoms with Crippen molar-refractivity contribution in [3.05, 3.63) is 30.1 Å². The van der Waals surface area contributed by atoms with Crippen LogP contribution in [0.15, 0.2) is 24.5 Å². The lowest BCUT2D eigenvalue weighted by molar-refractivity contribution is 0.0148. The summed E-state index contributed by atoms with van der Waals surface area (Å²) in [6.07, 6.45) is 8.51. The van der Waals surface area contributed by atoms with Crippen LogP contribution in [0.25, 0.3) is 0 Å². The van der Waals surface area contributed by atoms with E-state index in [9.17, 15) is 0 Å². The average molecular weight is 243 g/mol. The van der Waals surface area contributed by atoms with E-state index in [0.29, 0.717) is 0 Å². The standard InChI is InChI=1S/C15H21N3/c1-2-18-11-12-5-7-15(18,8-6-12)14(16)13-4-3-9-17-10-13/h3-4,9-10,12,16H,2,5-8,11H2,1H3. The molecule has 1 saturated carbocycles. The number of hydrogen-bond donors (Lipinski definition) is 1. The molecule has 1 aliphatic carbocycles. The topological polar surface area (TPSA) is 40.0 Å². The van der Waals surface area contributed by atoms with Gasteiger partial charge in [0.15, 0.2) is 0 Å². The highest BCUT2D eigenvalue weighted by molar-refractivity contribution is 6.05. The Labute approximate surface area is 109 Å². The van der Waals surface area contributed by atoms with Crippen LogP contribution in [0.2, 0.25) is 0 Å². The highest BCUT2D eigenvalue weighted by Gasteiger charge is 2.48. The summed E-state index contributed by atoms with van der Waals surface area (Å²) in [6.45, 7) is 4.46. The van der Waals surface area contributed by atoms with Crippen molar-refractivity contribution in [1.82, 2.24) is 9.88 Å². The lowest BCUT2D eigenvalue weighted by Crippen LogP contribution is -2.62. The molecule has 1 aromatic heterocycles. The average Bonchev–Trinajstić information content (AvgIpc) is 2.48. The molecule has 0 radical (unpaired) electrons. The van der Waals surface area contributed by atoms with Crippen LogP contribution in [0, 0.1) is 11.3 Å². The summed E-state index contributed by atoms with van der Waals surface area (Å²) in [5, 5.41) is 8.65. The third-order valence-corrected chi connectivity index (χ3v) is 4.81. The highest BCUT2D eigenvalue weighted by Crippen LogP contribution is 2.44. The number of piperidine rings is 2. The lowest BCUT2D eigenvalue weighted by atomic mass is 9.67. The summed E-state index contributed by atoms with van der Waals surface area (Å²) in [7, 11) is 0. The number of likely N-dealkylation sites (N-methyl/N-ethyl adjacent to an activating group) is 1. The maximum atomic E-state index is 8.65. The number of fused-ring (bicyclic) bond motifs is 3. The van der Waals surface area contributed by atoms with E-state index >= 15 is 0 Å². The molecule has 0 atom stereocenters. The molecule has 4 rings (SSSR count). The van der Waals surface area contributed by atoms with Crippen molar-refractivity contribution in [3.8, 4) is 0 Å². The largest absolute Gasteiger partial charge is 0.303 e. The van der Waals surface area contributed by atoms with Gasteiger partial charge in [-0.2, -0.15) is 0 Å². The second-order valence-electron chi connectivity index (χ2n) is 5.63. The van der Waals surface area contributed by atoms with Gasteiger partial charge in [-0.15, -0.1) is 0 Å². The van der Waals surface area contributed by atoms with Crippen molar-refractivity contribution >= 4 is 5.71 Å². The molecular weight excluding hydrogens is 222 g/mol. The molecular formula is C15H21N3. The van der Waals surface area contributed by atoms with Crippen molar-refractivity contribution < 1.29 is 0 Å². The zero-order valence-electron chi connectivity index (χ0n) is 11.0. The summed E-state index contributed by atoms with van der Waals surface area (Å²) in [4.78, 5) is 6.70. The molecule has 1 N–H and O–H groups in total. The lowest BCUT2D eigenvalue weighted by Gasteiger charge is -2.54. The fourth-order valence-electron chi connectivity index (χ4n) is 3.76. The summed E-state index contributed by atoms with van der Waals surface area (Å²) < 4.78 is 0. The zero-order chi connectivity index (χ0) is 12.6. The van der Waals surface area contributed by atoms with Crippen LogP contribution in [-0.2, 0) is 0 Å². The van der Waals surface area contributed by atoms with Gasteiger partial charge in [0.1, 0.15) is 0 Å². The fraction of sp³-hybridized carbons (Fsp3) is 0.600. The first kappa shape index (κ1) is 11.8. The van der Waals surface area contributed by atoms with Gasteiger partial charge >= 0.3 is 0 Å². The minimum atomic E-state index is -0.00741. The van der Waals surface area contributed by atoms with Gasteiger partial charge in [-0.25, -0.2) is 0 Å². The second kappa shape index (κ2) is 4.47. The van der Waals surface area contributed by atoms with E-state index in [1.54, 1.807) is 6.20 Å². The number of rotatable bonds is 3. The van der Waals surface area contributed by atoms with Crippen molar-refractivity contribution in [3.63, 3.8) is 0 Å². The minimum absolute atomic E-state index is 0.00741. The Balaban J connectivity index is 1.95. The first-order valence-electron chi connectivity index (χ1n) is 7.01. The van der Waals surface area contributed by atoms with Crippen molar-refractivity contribution in [2.75, 3.05) is 13.1 Å². The van der Waals surface area contributed by atoms with Crippen molar-refractivity contribution in [1.29, 1.82) is 5.41 Å². The molecule has 3 aliphatic rings. The van der Waals surface area contributed by atoms with E-state index < -0.39 is 0 Å². The summed E-state index contributed by atoms with van der Waals surface area (Å²) >= 11 is 0. The van der Waals surface area contributed by atoms with Gasteiger partial charge in [0, 0.05) is 24.5 Å². The minimum Gasteiger partial charge on any atom is -0.303 e. The Hall–Kier alpha value is -1.22. The van der Waals surface area contributed by atoms with Gasteiger partial charge in [-0.3, -0.25) is 9.88 Å². The van der Waals surface area contributed by atoms with E-state index in [1.165, 1.54) is 19.4 Å². The maximum absolute atomic E-state index is 8.65. The highest BCUT2D eigenvalue weighted by atomic mass is 15.2. The first-order valence-corrected chi connectivity index (χ1v) is 7.01. The number of aromatic nitrogens is 1. The number of nitrogens with zero attached hydrogens (tertiary/aromatic N) is 2. The second-order valence-corrected chi connectivity index (χ2v) is 5.63. The summed E-state index contributed by atoms with van der Waals surface area (Å²) in [5.74, 6) is 0.869. The van der Waals surface area contributed by atoms with Crippen LogP contribution >= 0.6 is 0 Å². The molecule has 3 nitrogen and oxygen atoms in total. The van der Waals surface area contributed by atoms with Crippen LogP contribution in [0.1, 0.15) is 38.2 Å². The molecule has 0 spiro atoms. The van der Waals surface area contributed by atoms with Gasteiger partial charge in [0.25, 0.3) is 0 Å². The van der Waals surface area contributed by atoms with E-state index in [1.807, 2.05) is 18.3 Å². The molecule has 0 aromatic carbocycles. The summed E-state index contributed by atoms with van der Waals surface area (Å²) in [6, 6.07) is 3.96. The van der Waals surface area contributed by atoms with Crippen LogP contribution in [-0.4, -0.2) is 34.2 Å². The molecule has 96 valence electrons. The predicted octanol–water partition coefficient (Wildman–Crippen LogP) is 2.71. The smallest absolute Gasteiger partial charge is 0.0633 e. The molecule has 3 heteroatoms. The van der Waals surface area contributed by atoms with Gasteiger partial charge in [-0.05, 0) is 44.2 Å². The molecule has 1 aromatic rings. The van der Waals surface area contributed by atoms with Crippen LogP contribution in [0.3, 0.4) is 0 Å².